The smallest absolute Gasteiger partial charge is 0.255 e. The molecule has 2 N–H and O–H groups in total. The third-order valence-corrected chi connectivity index (χ3v) is 4.30. The van der Waals surface area contributed by atoms with Crippen LogP contribution >= 0.6 is 0 Å². The number of amides is 1. The highest BCUT2D eigenvalue weighted by Gasteiger charge is 2.28. The van der Waals surface area contributed by atoms with Crippen LogP contribution < -0.4 is 20.1 Å². The monoisotopic (exact) mass is 290 g/mol. The number of rotatable bonds is 3. The molecule has 1 fully saturated rings. The summed E-state index contributed by atoms with van der Waals surface area (Å²) in [6.45, 7) is 5.98. The van der Waals surface area contributed by atoms with Crippen molar-refractivity contribution in [1.29, 1.82) is 0 Å². The zero-order valence-corrected chi connectivity index (χ0v) is 12.4. The lowest BCUT2D eigenvalue weighted by molar-refractivity contribution is 0.0911. The molecule has 2 heterocycles. The van der Waals surface area contributed by atoms with Gasteiger partial charge in [0.15, 0.2) is 11.5 Å². The summed E-state index contributed by atoms with van der Waals surface area (Å²) in [5, 5.41) is 6.41. The van der Waals surface area contributed by atoms with E-state index in [1.54, 1.807) is 6.07 Å². The Bertz CT molecular complexity index is 524. The standard InChI is InChI=1S/C16H22N2O3/c1-16(5-7-17-8-6-16)11-18-15(19)12-3-2-4-13-14(12)21-10-9-20-13/h2-4,17H,5-11H2,1H3,(H,18,19). The van der Waals surface area contributed by atoms with E-state index in [9.17, 15) is 4.79 Å². The van der Waals surface area contributed by atoms with Gasteiger partial charge in [-0.15, -0.1) is 0 Å². The third-order valence-electron chi connectivity index (χ3n) is 4.30. The maximum Gasteiger partial charge on any atom is 0.255 e. The molecule has 3 rings (SSSR count). The lowest BCUT2D eigenvalue weighted by Gasteiger charge is -2.34. The van der Waals surface area contributed by atoms with E-state index in [0.29, 0.717) is 36.8 Å². The van der Waals surface area contributed by atoms with Crippen LogP contribution in [0.3, 0.4) is 0 Å². The number of fused-ring (bicyclic) bond motifs is 1. The van der Waals surface area contributed by atoms with E-state index in [4.69, 9.17) is 9.47 Å². The number of para-hydroxylation sites is 1. The van der Waals surface area contributed by atoms with Crippen molar-refractivity contribution < 1.29 is 14.3 Å². The van der Waals surface area contributed by atoms with Crippen molar-refractivity contribution in [2.24, 2.45) is 5.41 Å². The molecule has 0 bridgehead atoms. The van der Waals surface area contributed by atoms with Crippen LogP contribution in [0.4, 0.5) is 0 Å². The van der Waals surface area contributed by atoms with Crippen molar-refractivity contribution in [2.45, 2.75) is 19.8 Å². The van der Waals surface area contributed by atoms with Crippen LogP contribution in [0, 0.1) is 5.41 Å². The molecule has 0 saturated carbocycles. The molecule has 5 nitrogen and oxygen atoms in total. The van der Waals surface area contributed by atoms with Crippen LogP contribution in [0.25, 0.3) is 0 Å². The van der Waals surface area contributed by atoms with Crippen molar-refractivity contribution in [3.05, 3.63) is 23.8 Å². The summed E-state index contributed by atoms with van der Waals surface area (Å²) in [6.07, 6.45) is 2.17. The first-order valence-corrected chi connectivity index (χ1v) is 7.56. The zero-order chi connectivity index (χ0) is 14.7. The largest absolute Gasteiger partial charge is 0.486 e. The molecule has 1 aromatic carbocycles. The maximum atomic E-state index is 12.4. The Hall–Kier alpha value is -1.75. The third kappa shape index (κ3) is 3.13. The molecule has 0 aliphatic carbocycles. The lowest BCUT2D eigenvalue weighted by atomic mass is 9.81. The van der Waals surface area contributed by atoms with Crippen LogP contribution in [0.5, 0.6) is 11.5 Å². The Labute approximate surface area is 125 Å². The summed E-state index contributed by atoms with van der Waals surface area (Å²) in [5.41, 5.74) is 0.734. The second-order valence-corrected chi connectivity index (χ2v) is 6.07. The van der Waals surface area contributed by atoms with Crippen LogP contribution in [0.1, 0.15) is 30.1 Å². The highest BCUT2D eigenvalue weighted by atomic mass is 16.6. The maximum absolute atomic E-state index is 12.4. The van der Waals surface area contributed by atoms with Crippen LogP contribution in [0.15, 0.2) is 18.2 Å². The van der Waals surface area contributed by atoms with Gasteiger partial charge in [-0.25, -0.2) is 0 Å². The predicted molar refractivity (Wildman–Crippen MR) is 80.0 cm³/mol. The van der Waals surface area contributed by atoms with Gasteiger partial charge in [0, 0.05) is 6.54 Å². The van der Waals surface area contributed by atoms with Crippen molar-refractivity contribution in [2.75, 3.05) is 32.8 Å². The second-order valence-electron chi connectivity index (χ2n) is 6.07. The molecular formula is C16H22N2O3. The summed E-state index contributed by atoms with van der Waals surface area (Å²) < 4.78 is 11.1. The van der Waals surface area contributed by atoms with Crippen molar-refractivity contribution in [3.63, 3.8) is 0 Å². The predicted octanol–water partition coefficient (Wildman–Crippen LogP) is 1.58. The SMILES string of the molecule is CC1(CNC(=O)c2cccc3c2OCCO3)CCNCC1. The number of nitrogens with one attached hydrogen (secondary N) is 2. The number of benzene rings is 1. The first-order valence-electron chi connectivity index (χ1n) is 7.56. The average Bonchev–Trinajstić information content (AvgIpc) is 2.53. The molecule has 0 unspecified atom stereocenters. The molecule has 21 heavy (non-hydrogen) atoms. The molecule has 5 heteroatoms. The van der Waals surface area contributed by atoms with E-state index in [2.05, 4.69) is 17.6 Å². The summed E-state index contributed by atoms with van der Waals surface area (Å²) >= 11 is 0. The van der Waals surface area contributed by atoms with E-state index in [0.717, 1.165) is 25.9 Å². The van der Waals surface area contributed by atoms with Crippen molar-refractivity contribution >= 4 is 5.91 Å². The normalized spacial score (nSPS) is 19.9. The number of hydrogen-bond acceptors (Lipinski definition) is 4. The number of hydrogen-bond donors (Lipinski definition) is 2. The second kappa shape index (κ2) is 5.93. The van der Waals surface area contributed by atoms with Gasteiger partial charge in [-0.1, -0.05) is 13.0 Å². The Balaban J connectivity index is 1.68. The van der Waals surface area contributed by atoms with Crippen LogP contribution in [-0.2, 0) is 0 Å². The molecule has 0 aromatic heterocycles. The van der Waals surface area contributed by atoms with Gasteiger partial charge < -0.3 is 20.1 Å². The molecule has 1 saturated heterocycles. The fourth-order valence-corrected chi connectivity index (χ4v) is 2.85. The van der Waals surface area contributed by atoms with E-state index < -0.39 is 0 Å². The molecule has 2 aliphatic heterocycles. The van der Waals surface area contributed by atoms with Gasteiger partial charge in [0.1, 0.15) is 13.2 Å². The van der Waals surface area contributed by atoms with Crippen molar-refractivity contribution in [1.82, 2.24) is 10.6 Å². The van der Waals surface area contributed by atoms with Gasteiger partial charge in [0.05, 0.1) is 5.56 Å². The number of carbonyl (C=O) groups is 1. The van der Waals surface area contributed by atoms with Gasteiger partial charge in [-0.2, -0.15) is 0 Å². The number of piperidine rings is 1. The van der Waals surface area contributed by atoms with E-state index >= 15 is 0 Å². The van der Waals surface area contributed by atoms with Gasteiger partial charge in [-0.05, 0) is 43.5 Å². The van der Waals surface area contributed by atoms with Crippen molar-refractivity contribution in [3.8, 4) is 11.5 Å². The molecule has 114 valence electrons. The average molecular weight is 290 g/mol. The summed E-state index contributed by atoms with van der Waals surface area (Å²) in [5.74, 6) is 1.13. The topological polar surface area (TPSA) is 59.6 Å². The summed E-state index contributed by atoms with van der Waals surface area (Å²) in [7, 11) is 0. The zero-order valence-electron chi connectivity index (χ0n) is 12.4. The number of ether oxygens (including phenoxy) is 2. The molecule has 2 aliphatic rings. The Morgan fingerprint density at radius 2 is 2.05 bits per heavy atom. The minimum atomic E-state index is -0.0860. The van der Waals surface area contributed by atoms with Gasteiger partial charge >= 0.3 is 0 Å². The number of carbonyl (C=O) groups excluding carboxylic acids is 1. The fourth-order valence-electron chi connectivity index (χ4n) is 2.85. The van der Waals surface area contributed by atoms with Crippen LogP contribution in [0.2, 0.25) is 0 Å². The van der Waals surface area contributed by atoms with E-state index in [1.807, 2.05) is 12.1 Å². The summed E-state index contributed by atoms with van der Waals surface area (Å²) in [4.78, 5) is 12.4. The van der Waals surface area contributed by atoms with E-state index in [1.165, 1.54) is 0 Å². The van der Waals surface area contributed by atoms with E-state index in [-0.39, 0.29) is 11.3 Å². The van der Waals surface area contributed by atoms with Gasteiger partial charge in [-0.3, -0.25) is 4.79 Å². The lowest BCUT2D eigenvalue weighted by Crippen LogP contribution is -2.43. The first-order chi connectivity index (χ1) is 10.2. The highest BCUT2D eigenvalue weighted by Crippen LogP contribution is 2.34. The molecule has 0 spiro atoms. The molecule has 0 atom stereocenters. The minimum Gasteiger partial charge on any atom is -0.486 e. The fraction of sp³-hybridized carbons (Fsp3) is 0.562. The van der Waals surface area contributed by atoms with Gasteiger partial charge in [0.2, 0.25) is 0 Å². The quantitative estimate of drug-likeness (QED) is 0.887. The Morgan fingerprint density at radius 3 is 2.86 bits per heavy atom. The summed E-state index contributed by atoms with van der Waals surface area (Å²) in [6, 6.07) is 5.45. The van der Waals surface area contributed by atoms with Crippen LogP contribution in [-0.4, -0.2) is 38.8 Å². The molecule has 1 amide bonds. The van der Waals surface area contributed by atoms with Gasteiger partial charge in [0.25, 0.3) is 5.91 Å². The first kappa shape index (κ1) is 14.2. The highest BCUT2D eigenvalue weighted by molar-refractivity contribution is 5.97. The molecular weight excluding hydrogens is 268 g/mol. The Morgan fingerprint density at radius 1 is 1.29 bits per heavy atom. The Kier molecular flexibility index (Phi) is 4.01. The molecule has 1 aromatic rings. The molecule has 0 radical (unpaired) electrons. The minimum absolute atomic E-state index is 0.0860.